The molecular formula is C15H15N3OS. The topological polar surface area (TPSA) is 45.7 Å². The van der Waals surface area contributed by atoms with Crippen molar-refractivity contribution in [3.8, 4) is 10.8 Å². The molecule has 0 bridgehead atoms. The number of piperazine rings is 1. The van der Waals surface area contributed by atoms with E-state index >= 15 is 0 Å². The molecule has 0 spiro atoms. The van der Waals surface area contributed by atoms with Gasteiger partial charge in [0.25, 0.3) is 0 Å². The number of ether oxygens (including phenoxy) is 1. The summed E-state index contributed by atoms with van der Waals surface area (Å²) in [7, 11) is 0. The Balaban J connectivity index is 1.84. The number of thiophene rings is 1. The van der Waals surface area contributed by atoms with Gasteiger partial charge >= 0.3 is 0 Å². The SMILES string of the molecule is c1ccc2c(c1)N=C(C1CNCCN1)c1ccsc1O2. The Labute approximate surface area is 121 Å². The van der Waals surface area contributed by atoms with E-state index in [1.165, 1.54) is 0 Å². The van der Waals surface area contributed by atoms with Crippen molar-refractivity contribution in [1.82, 2.24) is 10.6 Å². The molecule has 1 aromatic carbocycles. The molecule has 1 aromatic heterocycles. The summed E-state index contributed by atoms with van der Waals surface area (Å²) >= 11 is 1.62. The van der Waals surface area contributed by atoms with Gasteiger partial charge in [-0.25, -0.2) is 4.99 Å². The number of benzene rings is 1. The van der Waals surface area contributed by atoms with Crippen LogP contribution in [0, 0.1) is 0 Å². The monoisotopic (exact) mass is 285 g/mol. The smallest absolute Gasteiger partial charge is 0.190 e. The normalized spacial score (nSPS) is 21.2. The molecule has 1 atom stereocenters. The fourth-order valence-corrected chi connectivity index (χ4v) is 3.37. The highest BCUT2D eigenvalue weighted by Gasteiger charge is 2.26. The van der Waals surface area contributed by atoms with Gasteiger partial charge in [0.2, 0.25) is 0 Å². The van der Waals surface area contributed by atoms with Crippen LogP contribution in [0.3, 0.4) is 0 Å². The zero-order valence-corrected chi connectivity index (χ0v) is 11.7. The average molecular weight is 285 g/mol. The van der Waals surface area contributed by atoms with Gasteiger partial charge < -0.3 is 15.4 Å². The van der Waals surface area contributed by atoms with Crippen molar-refractivity contribution in [2.75, 3.05) is 19.6 Å². The number of nitrogens with one attached hydrogen (secondary N) is 2. The number of para-hydroxylation sites is 2. The van der Waals surface area contributed by atoms with E-state index in [0.29, 0.717) is 0 Å². The number of fused-ring (bicyclic) bond motifs is 2. The third-order valence-corrected chi connectivity index (χ3v) is 4.37. The number of hydrogen-bond donors (Lipinski definition) is 2. The Morgan fingerprint density at radius 1 is 1.20 bits per heavy atom. The Morgan fingerprint density at radius 3 is 3.05 bits per heavy atom. The minimum atomic E-state index is 0.229. The quantitative estimate of drug-likeness (QED) is 0.846. The van der Waals surface area contributed by atoms with Crippen molar-refractivity contribution in [3.05, 3.63) is 41.3 Å². The molecule has 2 aliphatic rings. The van der Waals surface area contributed by atoms with E-state index in [9.17, 15) is 0 Å². The summed E-state index contributed by atoms with van der Waals surface area (Å²) in [6.45, 7) is 2.87. The van der Waals surface area contributed by atoms with Gasteiger partial charge in [0, 0.05) is 19.6 Å². The summed E-state index contributed by atoms with van der Waals surface area (Å²) in [6, 6.07) is 10.3. The van der Waals surface area contributed by atoms with Crippen LogP contribution in [0.25, 0.3) is 0 Å². The van der Waals surface area contributed by atoms with Crippen molar-refractivity contribution in [2.45, 2.75) is 6.04 Å². The van der Waals surface area contributed by atoms with Crippen LogP contribution >= 0.6 is 11.3 Å². The molecule has 0 radical (unpaired) electrons. The largest absolute Gasteiger partial charge is 0.444 e. The van der Waals surface area contributed by atoms with E-state index in [4.69, 9.17) is 9.73 Å². The minimum absolute atomic E-state index is 0.229. The molecule has 5 heteroatoms. The molecule has 0 amide bonds. The highest BCUT2D eigenvalue weighted by atomic mass is 32.1. The first-order valence-electron chi connectivity index (χ1n) is 6.79. The Bertz CT molecular complexity index is 659. The molecule has 0 saturated carbocycles. The van der Waals surface area contributed by atoms with Crippen molar-refractivity contribution in [3.63, 3.8) is 0 Å². The standard InChI is InChI=1S/C15H15N3OS/c1-2-4-13-11(3-1)18-14(12-9-16-6-7-17-12)10-5-8-20-15(10)19-13/h1-5,8,12,16-17H,6-7,9H2. The van der Waals surface area contributed by atoms with Gasteiger partial charge in [-0.2, -0.15) is 0 Å². The summed E-state index contributed by atoms with van der Waals surface area (Å²) in [6.07, 6.45) is 0. The molecule has 2 aromatic rings. The second-order valence-corrected chi connectivity index (χ2v) is 5.78. The lowest BCUT2D eigenvalue weighted by Gasteiger charge is -2.25. The lowest BCUT2D eigenvalue weighted by atomic mass is 10.0. The number of aliphatic imine (C=N–C) groups is 1. The van der Waals surface area contributed by atoms with Crippen LogP contribution in [0.1, 0.15) is 5.56 Å². The molecule has 20 heavy (non-hydrogen) atoms. The van der Waals surface area contributed by atoms with Gasteiger partial charge in [0.1, 0.15) is 5.69 Å². The predicted octanol–water partition coefficient (Wildman–Crippen LogP) is 2.54. The van der Waals surface area contributed by atoms with Crippen LogP contribution < -0.4 is 15.4 Å². The third-order valence-electron chi connectivity index (χ3n) is 3.59. The molecule has 3 heterocycles. The molecule has 2 aliphatic heterocycles. The Morgan fingerprint density at radius 2 is 2.15 bits per heavy atom. The first kappa shape index (κ1) is 12.1. The first-order valence-corrected chi connectivity index (χ1v) is 7.67. The summed E-state index contributed by atoms with van der Waals surface area (Å²) in [4.78, 5) is 4.87. The zero-order valence-electron chi connectivity index (χ0n) is 10.9. The molecule has 4 rings (SSSR count). The maximum absolute atomic E-state index is 6.02. The maximum atomic E-state index is 6.02. The predicted molar refractivity (Wildman–Crippen MR) is 81.7 cm³/mol. The highest BCUT2D eigenvalue weighted by molar-refractivity contribution is 7.12. The molecule has 2 N–H and O–H groups in total. The van der Waals surface area contributed by atoms with Crippen molar-refractivity contribution in [1.29, 1.82) is 0 Å². The van der Waals surface area contributed by atoms with Gasteiger partial charge in [-0.1, -0.05) is 12.1 Å². The molecule has 1 saturated heterocycles. The average Bonchev–Trinajstić information content (AvgIpc) is 2.89. The van der Waals surface area contributed by atoms with Crippen LogP contribution in [0.5, 0.6) is 10.8 Å². The van der Waals surface area contributed by atoms with Crippen LogP contribution in [0.4, 0.5) is 5.69 Å². The van der Waals surface area contributed by atoms with E-state index in [2.05, 4.69) is 22.1 Å². The van der Waals surface area contributed by atoms with Gasteiger partial charge in [0.15, 0.2) is 10.8 Å². The molecule has 102 valence electrons. The van der Waals surface area contributed by atoms with E-state index in [1.807, 2.05) is 24.3 Å². The summed E-state index contributed by atoms with van der Waals surface area (Å²) in [5.41, 5.74) is 3.07. The number of rotatable bonds is 1. The number of hydrogen-bond acceptors (Lipinski definition) is 5. The Hall–Kier alpha value is -1.69. The van der Waals surface area contributed by atoms with Crippen molar-refractivity contribution < 1.29 is 4.74 Å². The van der Waals surface area contributed by atoms with E-state index in [1.54, 1.807) is 11.3 Å². The third kappa shape index (κ3) is 2.04. The van der Waals surface area contributed by atoms with Crippen molar-refractivity contribution in [2.24, 2.45) is 4.99 Å². The van der Waals surface area contributed by atoms with E-state index in [-0.39, 0.29) is 6.04 Å². The second kappa shape index (κ2) is 5.01. The van der Waals surface area contributed by atoms with Gasteiger partial charge in [-0.3, -0.25) is 0 Å². The first-order chi connectivity index (χ1) is 9.92. The number of nitrogens with zero attached hydrogens (tertiary/aromatic N) is 1. The zero-order chi connectivity index (χ0) is 13.4. The van der Waals surface area contributed by atoms with E-state index < -0.39 is 0 Å². The fraction of sp³-hybridized carbons (Fsp3) is 0.267. The van der Waals surface area contributed by atoms with Gasteiger partial charge in [0.05, 0.1) is 17.3 Å². The van der Waals surface area contributed by atoms with Crippen LogP contribution in [0.15, 0.2) is 40.7 Å². The minimum Gasteiger partial charge on any atom is -0.444 e. The molecule has 4 nitrogen and oxygen atoms in total. The van der Waals surface area contributed by atoms with Crippen LogP contribution in [-0.4, -0.2) is 31.4 Å². The fourth-order valence-electron chi connectivity index (χ4n) is 2.60. The van der Waals surface area contributed by atoms with Gasteiger partial charge in [-0.15, -0.1) is 11.3 Å². The molecule has 1 unspecified atom stereocenters. The summed E-state index contributed by atoms with van der Waals surface area (Å²) < 4.78 is 6.02. The van der Waals surface area contributed by atoms with Crippen LogP contribution in [0.2, 0.25) is 0 Å². The molecule has 1 fully saturated rings. The highest BCUT2D eigenvalue weighted by Crippen LogP contribution is 2.40. The van der Waals surface area contributed by atoms with Crippen LogP contribution in [-0.2, 0) is 0 Å². The van der Waals surface area contributed by atoms with Crippen molar-refractivity contribution >= 4 is 22.7 Å². The maximum Gasteiger partial charge on any atom is 0.190 e. The lowest BCUT2D eigenvalue weighted by Crippen LogP contribution is -2.52. The van der Waals surface area contributed by atoms with Gasteiger partial charge in [-0.05, 0) is 23.6 Å². The molecular weight excluding hydrogens is 270 g/mol. The lowest BCUT2D eigenvalue weighted by molar-refractivity contribution is 0.485. The molecule has 0 aliphatic carbocycles. The van der Waals surface area contributed by atoms with E-state index in [0.717, 1.165) is 47.4 Å². The Kier molecular flexibility index (Phi) is 3.03. The summed E-state index contributed by atoms with van der Waals surface area (Å²) in [5, 5.41) is 9.94. The second-order valence-electron chi connectivity index (χ2n) is 4.90. The summed E-state index contributed by atoms with van der Waals surface area (Å²) in [5.74, 6) is 0.829.